The predicted octanol–water partition coefficient (Wildman–Crippen LogP) is 4.91. The van der Waals surface area contributed by atoms with Gasteiger partial charge in [0.05, 0.1) is 18.5 Å². The van der Waals surface area contributed by atoms with E-state index < -0.39 is 11.7 Å². The van der Waals surface area contributed by atoms with Crippen LogP contribution in [0.3, 0.4) is 0 Å². The van der Waals surface area contributed by atoms with Crippen LogP contribution in [0.15, 0.2) is 16.7 Å². The van der Waals surface area contributed by atoms with E-state index in [2.05, 4.69) is 25.7 Å². The largest absolute Gasteiger partial charge is 0.496 e. The van der Waals surface area contributed by atoms with Gasteiger partial charge >= 0.3 is 6.09 Å². The van der Waals surface area contributed by atoms with Crippen molar-refractivity contribution in [1.29, 1.82) is 0 Å². The van der Waals surface area contributed by atoms with Crippen LogP contribution in [0.1, 0.15) is 73.7 Å². The molecule has 0 unspecified atom stereocenters. The minimum atomic E-state index is -0.635. The van der Waals surface area contributed by atoms with E-state index >= 15 is 0 Å². The zero-order valence-corrected chi connectivity index (χ0v) is 25.2. The Balaban J connectivity index is 1.53. The number of likely N-dealkylation sites (tertiary alicyclic amines) is 1. The average molecular weight is 566 g/mol. The van der Waals surface area contributed by atoms with Gasteiger partial charge in [0.1, 0.15) is 23.6 Å². The van der Waals surface area contributed by atoms with Crippen molar-refractivity contribution in [1.82, 2.24) is 30.2 Å². The van der Waals surface area contributed by atoms with E-state index in [1.807, 2.05) is 40.8 Å². The number of amidine groups is 1. The van der Waals surface area contributed by atoms with Crippen LogP contribution in [-0.4, -0.2) is 69.2 Å². The minimum absolute atomic E-state index is 0.349. The maximum Gasteiger partial charge on any atom is 0.413 e. The van der Waals surface area contributed by atoms with Gasteiger partial charge in [0.15, 0.2) is 5.84 Å². The Morgan fingerprint density at radius 1 is 1.15 bits per heavy atom. The summed E-state index contributed by atoms with van der Waals surface area (Å²) in [5, 5.41) is 12.7. The van der Waals surface area contributed by atoms with Crippen LogP contribution in [0, 0.1) is 13.8 Å². The Morgan fingerprint density at radius 2 is 1.93 bits per heavy atom. The van der Waals surface area contributed by atoms with Crippen LogP contribution in [0.25, 0.3) is 11.3 Å². The molecular formula is C29H39N7O3S. The Hall–Kier alpha value is -3.18. The molecule has 1 aromatic heterocycles. The first-order valence-corrected chi connectivity index (χ1v) is 14.9. The average Bonchev–Trinajstić information content (AvgIpc) is 3.14. The van der Waals surface area contributed by atoms with Crippen molar-refractivity contribution >= 4 is 23.9 Å². The van der Waals surface area contributed by atoms with Gasteiger partial charge in [0.25, 0.3) is 0 Å². The Morgan fingerprint density at radius 3 is 2.65 bits per heavy atom. The first kappa shape index (κ1) is 28.4. The lowest BCUT2D eigenvalue weighted by Gasteiger charge is -2.26. The highest BCUT2D eigenvalue weighted by molar-refractivity contribution is 7.97. The number of amides is 1. The zero-order chi connectivity index (χ0) is 28.4. The topological polar surface area (TPSA) is 107 Å². The second-order valence-corrected chi connectivity index (χ2v) is 12.3. The summed E-state index contributed by atoms with van der Waals surface area (Å²) in [7, 11) is 1.67. The van der Waals surface area contributed by atoms with E-state index in [4.69, 9.17) is 19.7 Å². The first-order chi connectivity index (χ1) is 19.1. The van der Waals surface area contributed by atoms with Crippen LogP contribution in [-0.2, 0) is 23.5 Å². The van der Waals surface area contributed by atoms with Crippen molar-refractivity contribution in [3.05, 3.63) is 45.9 Å². The molecule has 10 nitrogen and oxygen atoms in total. The summed E-state index contributed by atoms with van der Waals surface area (Å²) >= 11 is 1.41. The lowest BCUT2D eigenvalue weighted by Crippen LogP contribution is -2.37. The van der Waals surface area contributed by atoms with Crippen LogP contribution < -0.4 is 10.1 Å². The number of alkyl carbamates (subject to hydrolysis) is 1. The highest BCUT2D eigenvalue weighted by atomic mass is 32.2. The molecule has 1 aromatic rings. The van der Waals surface area contributed by atoms with E-state index in [1.165, 1.54) is 42.3 Å². The van der Waals surface area contributed by atoms with E-state index in [0.717, 1.165) is 59.9 Å². The SMILES string of the molecule is COc1c(C)cnc(Cn2nc3cc(CCN4CCCCC4)c4c-3c(n2)C(NC(=O)OC(C)(C)C)=NSC4)c1C. The van der Waals surface area contributed by atoms with Crippen molar-refractivity contribution in [3.63, 3.8) is 0 Å². The number of methoxy groups -OCH3 is 1. The van der Waals surface area contributed by atoms with Crippen LogP contribution in [0.4, 0.5) is 4.79 Å². The molecule has 5 rings (SSSR count). The smallest absolute Gasteiger partial charge is 0.413 e. The lowest BCUT2D eigenvalue weighted by atomic mass is 10.1. The summed E-state index contributed by atoms with van der Waals surface area (Å²) in [5.74, 6) is 1.87. The molecule has 11 heteroatoms. The zero-order valence-electron chi connectivity index (χ0n) is 24.3. The van der Waals surface area contributed by atoms with Gasteiger partial charge in [0, 0.05) is 35.2 Å². The number of nitrogens with one attached hydrogen (secondary N) is 1. The molecule has 0 bridgehead atoms. The molecule has 1 N–H and O–H groups in total. The normalized spacial score (nSPS) is 16.0. The van der Waals surface area contributed by atoms with Gasteiger partial charge in [-0.15, -0.1) is 0 Å². The van der Waals surface area contributed by atoms with Gasteiger partial charge in [0.2, 0.25) is 0 Å². The molecule has 1 fully saturated rings. The molecule has 1 saturated heterocycles. The number of aryl methyl sites for hydroxylation is 1. The molecule has 0 spiro atoms. The van der Waals surface area contributed by atoms with Crippen molar-refractivity contribution < 1.29 is 14.3 Å². The van der Waals surface area contributed by atoms with Gasteiger partial charge < -0.3 is 14.4 Å². The van der Waals surface area contributed by atoms with Crippen molar-refractivity contribution in [2.45, 2.75) is 78.2 Å². The van der Waals surface area contributed by atoms with Crippen LogP contribution in [0.2, 0.25) is 0 Å². The number of nitrogens with zero attached hydrogens (tertiary/aromatic N) is 6. The third kappa shape index (κ3) is 6.25. The summed E-state index contributed by atoms with van der Waals surface area (Å²) < 4.78 is 15.8. The molecule has 4 heterocycles. The summed E-state index contributed by atoms with van der Waals surface area (Å²) in [6, 6.07) is 2.18. The molecule has 1 amide bonds. The maximum atomic E-state index is 12.8. The molecule has 4 aliphatic rings. The standard InChI is InChI=1S/C29H39N7O3S/c1-18-15-30-23(19(2)26(18)38-6)16-36-32-22-14-20(10-13-35-11-8-7-9-12-35)21-17-40-34-27(25(33-36)24(21)22)31-28(37)39-29(3,4)5/h14-15H,7-13,16-17H2,1-6H3,(H,31,34,37). The summed E-state index contributed by atoms with van der Waals surface area (Å²) in [4.78, 5) is 21.6. The van der Waals surface area contributed by atoms with Gasteiger partial charge in [-0.05, 0) is 96.1 Å². The number of rotatable bonds is 6. The van der Waals surface area contributed by atoms with Gasteiger partial charge in [-0.2, -0.15) is 19.4 Å². The molecule has 214 valence electrons. The fourth-order valence-corrected chi connectivity index (χ4v) is 6.22. The molecule has 1 aliphatic carbocycles. The van der Waals surface area contributed by atoms with E-state index in [1.54, 1.807) is 11.9 Å². The fourth-order valence-electron chi connectivity index (χ4n) is 5.43. The summed E-state index contributed by atoms with van der Waals surface area (Å²) in [6.07, 6.45) is 6.05. The monoisotopic (exact) mass is 565 g/mol. The second-order valence-electron chi connectivity index (χ2n) is 11.5. The number of pyridine rings is 1. The van der Waals surface area contributed by atoms with E-state index in [9.17, 15) is 4.79 Å². The van der Waals surface area contributed by atoms with Crippen molar-refractivity contribution in [2.24, 2.45) is 4.40 Å². The van der Waals surface area contributed by atoms with Gasteiger partial charge in [-0.1, -0.05) is 6.42 Å². The van der Waals surface area contributed by atoms with Gasteiger partial charge in [-0.3, -0.25) is 10.3 Å². The molecule has 0 radical (unpaired) electrons. The van der Waals surface area contributed by atoms with Crippen LogP contribution in [0.5, 0.6) is 5.75 Å². The number of hydrogen-bond acceptors (Lipinski definition) is 9. The Bertz CT molecular complexity index is 1390. The number of ether oxygens (including phenoxy) is 2. The first-order valence-electron chi connectivity index (χ1n) is 13.9. The maximum absolute atomic E-state index is 12.8. The molecule has 0 aromatic carbocycles. The molecule has 0 saturated carbocycles. The number of aromatic nitrogens is 4. The number of piperidine rings is 1. The Labute approximate surface area is 240 Å². The number of carbonyl (C=O) groups is 1. The highest BCUT2D eigenvalue weighted by Crippen LogP contribution is 2.38. The lowest BCUT2D eigenvalue weighted by molar-refractivity contribution is 0.0563. The van der Waals surface area contributed by atoms with E-state index in [-0.39, 0.29) is 0 Å². The van der Waals surface area contributed by atoms with Crippen molar-refractivity contribution in [3.8, 4) is 17.0 Å². The highest BCUT2D eigenvalue weighted by Gasteiger charge is 2.30. The predicted molar refractivity (Wildman–Crippen MR) is 157 cm³/mol. The van der Waals surface area contributed by atoms with Gasteiger partial charge in [-0.25, -0.2) is 4.79 Å². The molecular weight excluding hydrogens is 526 g/mol. The number of carbonyl (C=O) groups excluding carboxylic acids is 1. The third-order valence-corrected chi connectivity index (χ3v) is 8.06. The summed E-state index contributed by atoms with van der Waals surface area (Å²) in [5.41, 5.74) is 6.94. The summed E-state index contributed by atoms with van der Waals surface area (Å²) in [6.45, 7) is 13.2. The third-order valence-electron chi connectivity index (χ3n) is 7.33. The molecule has 0 atom stereocenters. The van der Waals surface area contributed by atoms with Crippen LogP contribution >= 0.6 is 11.9 Å². The minimum Gasteiger partial charge on any atom is -0.496 e. The van der Waals surface area contributed by atoms with E-state index in [0.29, 0.717) is 23.8 Å². The molecule has 40 heavy (non-hydrogen) atoms. The fraction of sp³-hybridized carbons (Fsp3) is 0.552. The Kier molecular flexibility index (Phi) is 8.32. The second kappa shape index (κ2) is 11.7. The van der Waals surface area contributed by atoms with Crippen molar-refractivity contribution in [2.75, 3.05) is 26.7 Å². The number of hydrogen-bond donors (Lipinski definition) is 1. The quantitative estimate of drug-likeness (QED) is 0.420. The molecule has 3 aliphatic heterocycles.